The average molecular weight is 382 g/mol. The van der Waals surface area contributed by atoms with Crippen molar-refractivity contribution in [3.8, 4) is 0 Å². The Morgan fingerprint density at radius 1 is 1.15 bits per heavy atom. The summed E-state index contributed by atoms with van der Waals surface area (Å²) in [5.41, 5.74) is 2.15. The third kappa shape index (κ3) is 4.12. The fraction of sp³-hybridized carbons (Fsp3) is 0.133. The molecule has 104 valence electrons. The van der Waals surface area contributed by atoms with E-state index in [1.54, 1.807) is 12.1 Å². The quantitative estimate of drug-likeness (QED) is 0.326. The molecule has 0 saturated carbocycles. The molecule has 20 heavy (non-hydrogen) atoms. The molecule has 0 fully saturated rings. The van der Waals surface area contributed by atoms with Gasteiger partial charge >= 0.3 is 0 Å². The Kier molecular flexibility index (Phi) is 6.30. The van der Waals surface area contributed by atoms with Gasteiger partial charge in [-0.25, -0.2) is 0 Å². The van der Waals surface area contributed by atoms with Crippen LogP contribution < -0.4 is 28.5 Å². The van der Waals surface area contributed by atoms with Gasteiger partial charge in [0.2, 0.25) is 5.69 Å². The minimum atomic E-state index is -0.393. The summed E-state index contributed by atoms with van der Waals surface area (Å²) in [6.07, 6.45) is 5.98. The number of hydrogen-bond acceptors (Lipinski definition) is 2. The number of non-ortho nitro benzene ring substituents is 1. The lowest BCUT2D eigenvalue weighted by atomic mass is 10.2. The minimum Gasteiger partial charge on any atom is -1.00 e. The van der Waals surface area contributed by atoms with Gasteiger partial charge in [-0.15, -0.1) is 0 Å². The largest absolute Gasteiger partial charge is 1.00 e. The topological polar surface area (TPSA) is 47.0 Å². The van der Waals surface area contributed by atoms with Crippen molar-refractivity contribution in [2.75, 3.05) is 0 Å². The first-order chi connectivity index (χ1) is 9.20. The Hall–Kier alpha value is -1.76. The van der Waals surface area contributed by atoms with Crippen LogP contribution in [0.4, 0.5) is 5.69 Å². The minimum absolute atomic E-state index is 0. The number of nitro benzene ring substituents is 1. The highest BCUT2D eigenvalue weighted by Gasteiger charge is 2.04. The van der Waals surface area contributed by atoms with Gasteiger partial charge in [0.05, 0.1) is 4.92 Å². The lowest BCUT2D eigenvalue weighted by Gasteiger charge is -1.96. The zero-order chi connectivity index (χ0) is 13.7. The van der Waals surface area contributed by atoms with E-state index in [0.29, 0.717) is 0 Å². The predicted octanol–water partition coefficient (Wildman–Crippen LogP) is 0.0766. The Morgan fingerprint density at radius 2 is 1.85 bits per heavy atom. The number of rotatable bonds is 4. The highest BCUT2D eigenvalue weighted by atomic mass is 127. The van der Waals surface area contributed by atoms with Gasteiger partial charge in [-0.1, -0.05) is 0 Å². The van der Waals surface area contributed by atoms with E-state index >= 15 is 0 Å². The summed E-state index contributed by atoms with van der Waals surface area (Å²) < 4.78 is 2.13. The summed E-state index contributed by atoms with van der Waals surface area (Å²) >= 11 is 0. The van der Waals surface area contributed by atoms with E-state index in [1.165, 1.54) is 12.1 Å². The molecule has 0 aliphatic carbocycles. The predicted molar refractivity (Wildman–Crippen MR) is 74.3 cm³/mol. The number of hydrogen-bond donors (Lipinski definition) is 0. The zero-order valence-electron chi connectivity index (χ0n) is 11.1. The van der Waals surface area contributed by atoms with Crippen molar-refractivity contribution in [1.82, 2.24) is 0 Å². The molecule has 0 atom stereocenters. The molecular formula is C15H15IN2O2. The first-order valence-corrected chi connectivity index (χ1v) is 6.11. The van der Waals surface area contributed by atoms with Crippen molar-refractivity contribution in [2.24, 2.45) is 0 Å². The van der Waals surface area contributed by atoms with E-state index in [2.05, 4.69) is 11.5 Å². The number of aryl methyl sites for hydroxylation is 1. The molecule has 1 aromatic heterocycles. The summed E-state index contributed by atoms with van der Waals surface area (Å²) in [5, 5.41) is 10.6. The van der Waals surface area contributed by atoms with Crippen LogP contribution in [0.2, 0.25) is 0 Å². The van der Waals surface area contributed by atoms with Crippen LogP contribution in [-0.2, 0) is 6.54 Å². The second-order valence-electron chi connectivity index (χ2n) is 4.09. The van der Waals surface area contributed by atoms with E-state index in [0.717, 1.165) is 17.8 Å². The molecular weight excluding hydrogens is 367 g/mol. The van der Waals surface area contributed by atoms with Gasteiger partial charge in [-0.3, -0.25) is 10.1 Å². The molecule has 0 aliphatic rings. The molecule has 0 radical (unpaired) electrons. The maximum Gasteiger partial charge on any atom is 0.269 e. The average Bonchev–Trinajstić information content (AvgIpc) is 2.45. The summed E-state index contributed by atoms with van der Waals surface area (Å²) in [6.45, 7) is 2.99. The number of halogens is 1. The van der Waals surface area contributed by atoms with Gasteiger partial charge in [-0.05, 0) is 36.8 Å². The van der Waals surface area contributed by atoms with Crippen molar-refractivity contribution < 1.29 is 33.5 Å². The van der Waals surface area contributed by atoms with Crippen LogP contribution in [-0.4, -0.2) is 4.92 Å². The van der Waals surface area contributed by atoms with Crippen LogP contribution in [0.25, 0.3) is 12.2 Å². The highest BCUT2D eigenvalue weighted by molar-refractivity contribution is 5.67. The SMILES string of the molecule is CC[n+]1ccccc1/C=C/c1ccc([N+](=O)[O-])cc1.[I-]. The van der Waals surface area contributed by atoms with Crippen LogP contribution in [0.15, 0.2) is 48.7 Å². The maximum absolute atomic E-state index is 10.6. The third-order valence-electron chi connectivity index (χ3n) is 2.87. The van der Waals surface area contributed by atoms with Gasteiger partial charge in [0.25, 0.3) is 5.69 Å². The van der Waals surface area contributed by atoms with Gasteiger partial charge < -0.3 is 24.0 Å². The molecule has 5 heteroatoms. The second-order valence-corrected chi connectivity index (χ2v) is 4.09. The number of aromatic nitrogens is 1. The lowest BCUT2D eigenvalue weighted by molar-refractivity contribution is -0.695. The van der Waals surface area contributed by atoms with Gasteiger partial charge in [-0.2, -0.15) is 4.57 Å². The molecule has 2 aromatic rings. The molecule has 0 aliphatic heterocycles. The number of pyridine rings is 1. The Morgan fingerprint density at radius 3 is 2.45 bits per heavy atom. The Labute approximate surface area is 134 Å². The molecule has 0 amide bonds. The fourth-order valence-corrected chi connectivity index (χ4v) is 1.82. The monoisotopic (exact) mass is 382 g/mol. The van der Waals surface area contributed by atoms with Crippen LogP contribution in [0.1, 0.15) is 18.2 Å². The zero-order valence-corrected chi connectivity index (χ0v) is 13.2. The first-order valence-electron chi connectivity index (χ1n) is 6.11. The van der Waals surface area contributed by atoms with Crippen LogP contribution in [0.3, 0.4) is 0 Å². The first kappa shape index (κ1) is 16.3. The normalized spacial score (nSPS) is 10.2. The Balaban J connectivity index is 0.00000200. The van der Waals surface area contributed by atoms with Crippen LogP contribution in [0, 0.1) is 10.1 Å². The highest BCUT2D eigenvalue weighted by Crippen LogP contribution is 2.13. The van der Waals surface area contributed by atoms with Gasteiger partial charge in [0.1, 0.15) is 6.54 Å². The second kappa shape index (κ2) is 7.74. The van der Waals surface area contributed by atoms with Crippen LogP contribution in [0.5, 0.6) is 0 Å². The van der Waals surface area contributed by atoms with Crippen molar-refractivity contribution in [2.45, 2.75) is 13.5 Å². The molecule has 2 rings (SSSR count). The smallest absolute Gasteiger partial charge is 0.269 e. The molecule has 0 N–H and O–H groups in total. The number of nitro groups is 1. The molecule has 0 bridgehead atoms. The fourth-order valence-electron chi connectivity index (χ4n) is 1.82. The number of nitrogens with zero attached hydrogens (tertiary/aromatic N) is 2. The summed E-state index contributed by atoms with van der Waals surface area (Å²) in [4.78, 5) is 10.2. The van der Waals surface area contributed by atoms with Gasteiger partial charge in [0.15, 0.2) is 6.20 Å². The Bertz CT molecular complexity index is 610. The van der Waals surface area contributed by atoms with Crippen molar-refractivity contribution in [3.05, 3.63) is 70.0 Å². The van der Waals surface area contributed by atoms with Crippen molar-refractivity contribution in [1.29, 1.82) is 0 Å². The molecule has 1 heterocycles. The van der Waals surface area contributed by atoms with E-state index < -0.39 is 4.92 Å². The molecule has 1 aromatic carbocycles. The van der Waals surface area contributed by atoms with E-state index in [1.807, 2.05) is 36.5 Å². The van der Waals surface area contributed by atoms with Crippen molar-refractivity contribution in [3.63, 3.8) is 0 Å². The number of benzene rings is 1. The summed E-state index contributed by atoms with van der Waals surface area (Å²) in [7, 11) is 0. The van der Waals surface area contributed by atoms with E-state index in [4.69, 9.17) is 0 Å². The van der Waals surface area contributed by atoms with Crippen LogP contribution >= 0.6 is 0 Å². The molecule has 0 unspecified atom stereocenters. The molecule has 0 spiro atoms. The molecule has 4 nitrogen and oxygen atoms in total. The maximum atomic E-state index is 10.6. The lowest BCUT2D eigenvalue weighted by Crippen LogP contribution is -3.00. The third-order valence-corrected chi connectivity index (χ3v) is 2.87. The van der Waals surface area contributed by atoms with E-state index in [9.17, 15) is 10.1 Å². The van der Waals surface area contributed by atoms with Crippen molar-refractivity contribution >= 4 is 17.8 Å². The summed E-state index contributed by atoms with van der Waals surface area (Å²) in [6, 6.07) is 12.5. The van der Waals surface area contributed by atoms with Gasteiger partial charge in [0, 0.05) is 30.3 Å². The summed E-state index contributed by atoms with van der Waals surface area (Å²) in [5.74, 6) is 0. The molecule has 0 saturated heterocycles. The van der Waals surface area contributed by atoms with E-state index in [-0.39, 0.29) is 29.7 Å². The standard InChI is InChI=1S/C15H15N2O2.HI/c1-2-16-12-4-3-5-14(16)9-6-13-7-10-15(11-8-13)17(18)19;/h3-12H,2H2,1H3;1H/q+1;/p-1/b9-6+;.